The number of nitrogens with one attached hydrogen (secondary N) is 2. The van der Waals surface area contributed by atoms with Gasteiger partial charge < -0.3 is 10.6 Å². The van der Waals surface area contributed by atoms with E-state index in [0.29, 0.717) is 11.6 Å². The van der Waals surface area contributed by atoms with Crippen molar-refractivity contribution in [1.29, 1.82) is 0 Å². The van der Waals surface area contributed by atoms with Gasteiger partial charge in [0.05, 0.1) is 0 Å². The van der Waals surface area contributed by atoms with Crippen LogP contribution in [-0.4, -0.2) is 21.4 Å². The van der Waals surface area contributed by atoms with Gasteiger partial charge in [0.25, 0.3) is 5.91 Å². The Hall–Kier alpha value is -1.95. The normalized spacial score (nSPS) is 11.1. The number of amides is 1. The molecule has 0 aliphatic heterocycles. The average Bonchev–Trinajstić information content (AvgIpc) is 2.41. The molecule has 0 unspecified atom stereocenters. The highest BCUT2D eigenvalue weighted by Crippen LogP contribution is 2.20. The smallest absolute Gasteiger partial charge is 0.274 e. The number of anilines is 2. The predicted molar refractivity (Wildman–Crippen MR) is 92.2 cm³/mol. The van der Waals surface area contributed by atoms with Crippen LogP contribution in [0.1, 0.15) is 36.8 Å². The molecule has 0 aliphatic carbocycles. The Morgan fingerprint density at radius 1 is 1.23 bits per heavy atom. The van der Waals surface area contributed by atoms with Crippen LogP contribution < -0.4 is 10.6 Å². The summed E-state index contributed by atoms with van der Waals surface area (Å²) in [6.45, 7) is 7.99. The molecule has 6 heteroatoms. The van der Waals surface area contributed by atoms with Gasteiger partial charge in [-0.05, 0) is 57.5 Å². The summed E-state index contributed by atoms with van der Waals surface area (Å²) >= 11 is 3.44. The van der Waals surface area contributed by atoms with Crippen molar-refractivity contribution in [3.8, 4) is 0 Å². The lowest BCUT2D eigenvalue weighted by Crippen LogP contribution is -2.28. The van der Waals surface area contributed by atoms with Crippen LogP contribution in [0.4, 0.5) is 11.6 Å². The molecule has 2 rings (SSSR count). The maximum atomic E-state index is 12.3. The van der Waals surface area contributed by atoms with E-state index in [9.17, 15) is 4.79 Å². The van der Waals surface area contributed by atoms with Gasteiger partial charge in [-0.25, -0.2) is 9.97 Å². The molecular formula is C16H19BrN4O. The molecular weight excluding hydrogens is 344 g/mol. The summed E-state index contributed by atoms with van der Waals surface area (Å²) < 4.78 is 1.00. The molecule has 116 valence electrons. The molecule has 0 spiro atoms. The van der Waals surface area contributed by atoms with E-state index >= 15 is 0 Å². The Morgan fingerprint density at radius 3 is 2.59 bits per heavy atom. The van der Waals surface area contributed by atoms with Crippen LogP contribution in [0.3, 0.4) is 0 Å². The second-order valence-corrected chi connectivity index (χ2v) is 6.91. The first-order valence-corrected chi connectivity index (χ1v) is 7.73. The predicted octanol–water partition coefficient (Wildman–Crippen LogP) is 4.01. The molecule has 1 heterocycles. The first kappa shape index (κ1) is 16.4. The Kier molecular flexibility index (Phi) is 4.81. The number of hydrogen-bond donors (Lipinski definition) is 2. The maximum Gasteiger partial charge on any atom is 0.274 e. The molecule has 1 amide bonds. The fraction of sp³-hybridized carbons (Fsp3) is 0.312. The molecule has 2 aromatic rings. The minimum absolute atomic E-state index is 0.169. The zero-order valence-electron chi connectivity index (χ0n) is 13.1. The van der Waals surface area contributed by atoms with Gasteiger partial charge >= 0.3 is 0 Å². The van der Waals surface area contributed by atoms with Gasteiger partial charge in [0, 0.05) is 21.9 Å². The van der Waals surface area contributed by atoms with Crippen LogP contribution >= 0.6 is 15.9 Å². The molecule has 2 N–H and O–H groups in total. The van der Waals surface area contributed by atoms with Gasteiger partial charge in [-0.15, -0.1) is 0 Å². The molecule has 0 aliphatic rings. The zero-order valence-corrected chi connectivity index (χ0v) is 14.7. The number of halogens is 1. The Morgan fingerprint density at radius 2 is 1.95 bits per heavy atom. The van der Waals surface area contributed by atoms with E-state index in [-0.39, 0.29) is 11.4 Å². The van der Waals surface area contributed by atoms with E-state index in [1.165, 1.54) is 0 Å². The largest absolute Gasteiger partial charge is 0.350 e. The van der Waals surface area contributed by atoms with Crippen molar-refractivity contribution in [2.45, 2.75) is 33.2 Å². The fourth-order valence-electron chi connectivity index (χ4n) is 1.80. The van der Waals surface area contributed by atoms with Crippen LogP contribution in [-0.2, 0) is 0 Å². The number of benzene rings is 1. The molecule has 0 atom stereocenters. The molecule has 0 radical (unpaired) electrons. The van der Waals surface area contributed by atoms with Crippen LogP contribution in [0.25, 0.3) is 0 Å². The van der Waals surface area contributed by atoms with E-state index < -0.39 is 0 Å². The van der Waals surface area contributed by atoms with E-state index in [4.69, 9.17) is 0 Å². The summed E-state index contributed by atoms with van der Waals surface area (Å²) in [7, 11) is 0. The minimum Gasteiger partial charge on any atom is -0.350 e. The molecule has 0 saturated carbocycles. The third kappa shape index (κ3) is 4.53. The average molecular weight is 363 g/mol. The van der Waals surface area contributed by atoms with Crippen molar-refractivity contribution in [2.24, 2.45) is 0 Å². The van der Waals surface area contributed by atoms with Crippen LogP contribution in [0, 0.1) is 6.92 Å². The molecule has 5 nitrogen and oxygen atoms in total. The standard InChI is InChI=1S/C16H19BrN4O/c1-10-9-11(5-6-12(10)17)19-14(22)13-7-8-18-15(20-13)21-16(2,3)4/h5-9H,1-4H3,(H,19,22)(H,18,20,21). The summed E-state index contributed by atoms with van der Waals surface area (Å²) in [5, 5.41) is 5.99. The highest BCUT2D eigenvalue weighted by atomic mass is 79.9. The quantitative estimate of drug-likeness (QED) is 0.865. The number of aryl methyl sites for hydroxylation is 1. The summed E-state index contributed by atoms with van der Waals surface area (Å²) in [6.07, 6.45) is 1.57. The number of nitrogens with zero attached hydrogens (tertiary/aromatic N) is 2. The van der Waals surface area contributed by atoms with Crippen LogP contribution in [0.5, 0.6) is 0 Å². The summed E-state index contributed by atoms with van der Waals surface area (Å²) in [5.41, 5.74) is 1.94. The zero-order chi connectivity index (χ0) is 16.3. The Labute approximate surface area is 138 Å². The number of hydrogen-bond acceptors (Lipinski definition) is 4. The van der Waals surface area contributed by atoms with Crippen molar-refractivity contribution in [3.05, 3.63) is 46.2 Å². The SMILES string of the molecule is Cc1cc(NC(=O)c2ccnc(NC(C)(C)C)n2)ccc1Br. The molecule has 1 aromatic heterocycles. The maximum absolute atomic E-state index is 12.3. The third-order valence-corrected chi connectivity index (χ3v) is 3.68. The molecule has 0 bridgehead atoms. The van der Waals surface area contributed by atoms with Gasteiger partial charge in [0.15, 0.2) is 0 Å². The van der Waals surface area contributed by atoms with Crippen LogP contribution in [0.15, 0.2) is 34.9 Å². The second-order valence-electron chi connectivity index (χ2n) is 6.06. The van der Waals surface area contributed by atoms with Gasteiger partial charge in [-0.3, -0.25) is 4.79 Å². The summed E-state index contributed by atoms with van der Waals surface area (Å²) in [4.78, 5) is 20.7. The minimum atomic E-state index is -0.263. The third-order valence-electron chi connectivity index (χ3n) is 2.79. The lowest BCUT2D eigenvalue weighted by Gasteiger charge is -2.20. The van der Waals surface area contributed by atoms with Gasteiger partial charge in [0.2, 0.25) is 5.95 Å². The van der Waals surface area contributed by atoms with Crippen LogP contribution in [0.2, 0.25) is 0 Å². The molecule has 1 aromatic carbocycles. The number of carbonyl (C=O) groups excluding carboxylic acids is 1. The Balaban J connectivity index is 2.15. The first-order chi connectivity index (χ1) is 10.2. The van der Waals surface area contributed by atoms with E-state index in [2.05, 4.69) is 36.5 Å². The second kappa shape index (κ2) is 6.44. The summed E-state index contributed by atoms with van der Waals surface area (Å²) in [5.74, 6) is 0.174. The number of aromatic nitrogens is 2. The van der Waals surface area contributed by atoms with Crippen molar-refractivity contribution >= 4 is 33.5 Å². The lowest BCUT2D eigenvalue weighted by atomic mass is 10.1. The monoisotopic (exact) mass is 362 g/mol. The van der Waals surface area contributed by atoms with E-state index in [1.54, 1.807) is 12.3 Å². The topological polar surface area (TPSA) is 66.9 Å². The summed E-state index contributed by atoms with van der Waals surface area (Å²) in [6, 6.07) is 7.23. The van der Waals surface area contributed by atoms with Crippen molar-refractivity contribution in [1.82, 2.24) is 9.97 Å². The van der Waals surface area contributed by atoms with Crippen molar-refractivity contribution < 1.29 is 4.79 Å². The highest BCUT2D eigenvalue weighted by Gasteiger charge is 2.14. The first-order valence-electron chi connectivity index (χ1n) is 6.93. The molecule has 22 heavy (non-hydrogen) atoms. The molecule has 0 fully saturated rings. The van der Waals surface area contributed by atoms with Gasteiger partial charge in [-0.1, -0.05) is 15.9 Å². The molecule has 0 saturated heterocycles. The number of carbonyl (C=O) groups is 1. The Bertz CT molecular complexity index is 695. The fourth-order valence-corrected chi connectivity index (χ4v) is 2.04. The van der Waals surface area contributed by atoms with E-state index in [0.717, 1.165) is 15.7 Å². The lowest BCUT2D eigenvalue weighted by molar-refractivity contribution is 0.102. The van der Waals surface area contributed by atoms with Gasteiger partial charge in [-0.2, -0.15) is 0 Å². The van der Waals surface area contributed by atoms with Gasteiger partial charge in [0.1, 0.15) is 5.69 Å². The van der Waals surface area contributed by atoms with E-state index in [1.807, 2.05) is 45.9 Å². The number of rotatable bonds is 3. The van der Waals surface area contributed by atoms with Crippen molar-refractivity contribution in [3.63, 3.8) is 0 Å². The van der Waals surface area contributed by atoms with Crippen molar-refractivity contribution in [2.75, 3.05) is 10.6 Å². The highest BCUT2D eigenvalue weighted by molar-refractivity contribution is 9.10.